The molecule has 0 N–H and O–H groups in total. The zero-order valence-corrected chi connectivity index (χ0v) is 18.3. The Balaban J connectivity index is 1.93. The third-order valence-electron chi connectivity index (χ3n) is 4.34. The number of carbonyl (C=O) groups is 3. The Kier molecular flexibility index (Phi) is 7.21. The van der Waals surface area contributed by atoms with Crippen LogP contribution in [-0.2, 0) is 28.6 Å². The van der Waals surface area contributed by atoms with Crippen molar-refractivity contribution in [3.05, 3.63) is 36.4 Å². The lowest BCUT2D eigenvalue weighted by atomic mass is 10.1. The van der Waals surface area contributed by atoms with E-state index in [0.717, 1.165) is 11.3 Å². The normalized spacial score (nSPS) is 23.0. The molecule has 0 saturated carbocycles. The maximum Gasteiger partial charge on any atom is 0.303 e. The number of pyridine rings is 1. The molecule has 0 bridgehead atoms. The maximum absolute atomic E-state index is 11.8. The van der Waals surface area contributed by atoms with Gasteiger partial charge < -0.3 is 23.4 Å². The molecule has 4 atom stereocenters. The van der Waals surface area contributed by atoms with Crippen molar-refractivity contribution in [3.63, 3.8) is 0 Å². The van der Waals surface area contributed by atoms with E-state index in [1.165, 1.54) is 38.8 Å². The summed E-state index contributed by atoms with van der Waals surface area (Å²) in [6.45, 7) is 5.58. The summed E-state index contributed by atoms with van der Waals surface area (Å²) in [6.07, 6.45) is 0.251. The highest BCUT2D eigenvalue weighted by Crippen LogP contribution is 2.37. The van der Waals surface area contributed by atoms with Gasteiger partial charge in [-0.05, 0) is 25.1 Å². The van der Waals surface area contributed by atoms with Crippen molar-refractivity contribution < 1.29 is 37.7 Å². The predicted octanol–water partition coefficient (Wildman–Crippen LogP) is 2.90. The fourth-order valence-electron chi connectivity index (χ4n) is 3.18. The number of ether oxygens (including phenoxy) is 4. The first kappa shape index (κ1) is 22.7. The molecule has 1 saturated heterocycles. The minimum absolute atomic E-state index is 0.278. The minimum atomic E-state index is -1.02. The third kappa shape index (κ3) is 5.78. The Labute approximate surface area is 183 Å². The van der Waals surface area contributed by atoms with Crippen LogP contribution in [0.3, 0.4) is 0 Å². The van der Waals surface area contributed by atoms with E-state index in [1.807, 2.05) is 6.92 Å². The lowest BCUT2D eigenvalue weighted by Crippen LogP contribution is -2.55. The average Bonchev–Trinajstić information content (AvgIpc) is 3.21. The van der Waals surface area contributed by atoms with Crippen molar-refractivity contribution in [2.24, 2.45) is 0 Å². The topological polar surface area (TPSA) is 114 Å². The summed E-state index contributed by atoms with van der Waals surface area (Å²) in [7, 11) is 0. The van der Waals surface area contributed by atoms with E-state index >= 15 is 0 Å². The molecular weight excluding hydrogens is 426 g/mol. The number of nitrogens with zero attached hydrogens (tertiary/aromatic N) is 1. The molecular formula is C21H23NO8S. The molecule has 0 radical (unpaired) electrons. The van der Waals surface area contributed by atoms with Gasteiger partial charge in [0.05, 0.1) is 12.5 Å². The van der Waals surface area contributed by atoms with Crippen molar-refractivity contribution >= 4 is 29.7 Å². The molecule has 0 amide bonds. The van der Waals surface area contributed by atoms with Crippen LogP contribution in [0.15, 0.2) is 35.1 Å². The number of esters is 3. The molecule has 2 aromatic heterocycles. The summed E-state index contributed by atoms with van der Waals surface area (Å²) in [5, 5.41) is 0. The SMILES string of the molecule is CC(=O)O[C@@H]1[C@@H](OC(C)=O)[C@H](OC(C)=O)CS[C@H]1Oc1ccc(C)nc1-c1ccoc1. The van der Waals surface area contributed by atoms with Crippen molar-refractivity contribution in [1.82, 2.24) is 4.98 Å². The fraction of sp³-hybridized carbons (Fsp3) is 0.429. The van der Waals surface area contributed by atoms with E-state index in [4.69, 9.17) is 23.4 Å². The molecule has 0 aromatic carbocycles. The Morgan fingerprint density at radius 2 is 1.68 bits per heavy atom. The molecule has 3 rings (SSSR count). The number of furan rings is 1. The van der Waals surface area contributed by atoms with Crippen LogP contribution in [0.4, 0.5) is 0 Å². The monoisotopic (exact) mass is 449 g/mol. The number of thioether (sulfide) groups is 1. The second-order valence-electron chi connectivity index (χ2n) is 6.93. The fourth-order valence-corrected chi connectivity index (χ4v) is 4.39. The average molecular weight is 449 g/mol. The van der Waals surface area contributed by atoms with Gasteiger partial charge in [0.25, 0.3) is 0 Å². The van der Waals surface area contributed by atoms with E-state index in [2.05, 4.69) is 4.98 Å². The van der Waals surface area contributed by atoms with E-state index in [-0.39, 0.29) is 5.75 Å². The summed E-state index contributed by atoms with van der Waals surface area (Å²) in [4.78, 5) is 39.6. The van der Waals surface area contributed by atoms with Crippen LogP contribution in [-0.4, -0.2) is 52.4 Å². The summed E-state index contributed by atoms with van der Waals surface area (Å²) >= 11 is 1.28. The van der Waals surface area contributed by atoms with Gasteiger partial charge in [0.1, 0.15) is 11.4 Å². The molecule has 31 heavy (non-hydrogen) atoms. The Hall–Kier alpha value is -3.01. The summed E-state index contributed by atoms with van der Waals surface area (Å²) in [5.41, 5.74) is 1.32. The summed E-state index contributed by atoms with van der Waals surface area (Å²) in [5.74, 6) is -0.999. The first-order valence-electron chi connectivity index (χ1n) is 9.54. The summed E-state index contributed by atoms with van der Waals surface area (Å²) in [6, 6.07) is 5.30. The number of aryl methyl sites for hydroxylation is 1. The van der Waals surface area contributed by atoms with Gasteiger partial charge in [0, 0.05) is 37.8 Å². The van der Waals surface area contributed by atoms with Gasteiger partial charge in [-0.25, -0.2) is 4.98 Å². The zero-order valence-electron chi connectivity index (χ0n) is 17.5. The molecule has 0 aliphatic carbocycles. The standard InChI is InChI=1S/C21H23NO8S/c1-11-5-6-16(18(22-11)15-7-8-26-9-15)30-21-20(29-14(4)25)19(28-13(3)24)17(10-31-21)27-12(2)23/h5-9,17,19-21H,10H2,1-4H3/t17-,19+,20-,21-/m1/s1. The van der Waals surface area contributed by atoms with Gasteiger partial charge in [0.15, 0.2) is 23.7 Å². The first-order chi connectivity index (χ1) is 14.7. The number of hydrogen-bond acceptors (Lipinski definition) is 10. The second kappa shape index (κ2) is 9.86. The highest BCUT2D eigenvalue weighted by Gasteiger charge is 2.47. The minimum Gasteiger partial charge on any atom is -0.473 e. The van der Waals surface area contributed by atoms with Crippen LogP contribution in [0.25, 0.3) is 11.3 Å². The van der Waals surface area contributed by atoms with Crippen LogP contribution in [0, 0.1) is 6.92 Å². The molecule has 3 heterocycles. The lowest BCUT2D eigenvalue weighted by molar-refractivity contribution is -0.186. The third-order valence-corrected chi connectivity index (χ3v) is 5.55. The van der Waals surface area contributed by atoms with Gasteiger partial charge in [-0.15, -0.1) is 11.8 Å². The Morgan fingerprint density at radius 3 is 2.29 bits per heavy atom. The predicted molar refractivity (Wildman–Crippen MR) is 110 cm³/mol. The lowest BCUT2D eigenvalue weighted by Gasteiger charge is -2.40. The van der Waals surface area contributed by atoms with Crippen LogP contribution in [0.5, 0.6) is 5.75 Å². The van der Waals surface area contributed by atoms with Crippen LogP contribution >= 0.6 is 11.8 Å². The Bertz CT molecular complexity index is 945. The quantitative estimate of drug-likeness (QED) is 0.482. The number of carbonyl (C=O) groups excluding carboxylic acids is 3. The first-order valence-corrected chi connectivity index (χ1v) is 10.6. The van der Waals surface area contributed by atoms with Gasteiger partial charge >= 0.3 is 17.9 Å². The van der Waals surface area contributed by atoms with Crippen molar-refractivity contribution in [2.75, 3.05) is 5.75 Å². The van der Waals surface area contributed by atoms with Crippen molar-refractivity contribution in [1.29, 1.82) is 0 Å². The Morgan fingerprint density at radius 1 is 1.00 bits per heavy atom. The maximum atomic E-state index is 11.8. The van der Waals surface area contributed by atoms with Crippen LogP contribution in [0.2, 0.25) is 0 Å². The molecule has 1 aliphatic rings. The zero-order chi connectivity index (χ0) is 22.5. The number of rotatable bonds is 6. The molecule has 1 aliphatic heterocycles. The van der Waals surface area contributed by atoms with E-state index in [1.54, 1.807) is 24.5 Å². The molecule has 0 spiro atoms. The second-order valence-corrected chi connectivity index (χ2v) is 8.06. The van der Waals surface area contributed by atoms with Crippen molar-refractivity contribution in [3.8, 4) is 17.0 Å². The molecule has 0 unspecified atom stereocenters. The van der Waals surface area contributed by atoms with Gasteiger partial charge in [0.2, 0.25) is 0 Å². The molecule has 1 fully saturated rings. The van der Waals surface area contributed by atoms with Crippen LogP contribution in [0.1, 0.15) is 26.5 Å². The van der Waals surface area contributed by atoms with Gasteiger partial charge in [-0.1, -0.05) is 0 Å². The smallest absolute Gasteiger partial charge is 0.303 e. The summed E-state index contributed by atoms with van der Waals surface area (Å²) < 4.78 is 27.5. The van der Waals surface area contributed by atoms with Crippen LogP contribution < -0.4 is 4.74 Å². The van der Waals surface area contributed by atoms with E-state index in [0.29, 0.717) is 11.4 Å². The number of aromatic nitrogens is 1. The van der Waals surface area contributed by atoms with E-state index < -0.39 is 41.7 Å². The highest BCUT2D eigenvalue weighted by molar-refractivity contribution is 7.99. The molecule has 166 valence electrons. The van der Waals surface area contributed by atoms with E-state index in [9.17, 15) is 14.4 Å². The molecule has 2 aromatic rings. The van der Waals surface area contributed by atoms with Gasteiger partial charge in [-0.3, -0.25) is 14.4 Å². The van der Waals surface area contributed by atoms with Crippen molar-refractivity contribution in [2.45, 2.75) is 51.4 Å². The van der Waals surface area contributed by atoms with Gasteiger partial charge in [-0.2, -0.15) is 0 Å². The largest absolute Gasteiger partial charge is 0.473 e. The molecule has 10 heteroatoms. The number of hydrogen-bond donors (Lipinski definition) is 0. The highest BCUT2D eigenvalue weighted by atomic mass is 32.2. The molecule has 9 nitrogen and oxygen atoms in total.